The molecule has 1 amide bonds. The van der Waals surface area contributed by atoms with Crippen LogP contribution in [0.15, 0.2) is 76.7 Å². The van der Waals surface area contributed by atoms with E-state index < -0.39 is 26.1 Å². The maximum atomic E-state index is 11.9. The predicted octanol–water partition coefficient (Wildman–Crippen LogP) is 4.45. The first-order valence-electron chi connectivity index (χ1n) is 9.63. The number of thioether (sulfide) groups is 1. The van der Waals surface area contributed by atoms with E-state index >= 15 is 0 Å². The number of carbonyl (C=O) groups is 1. The van der Waals surface area contributed by atoms with Crippen LogP contribution in [0.1, 0.15) is 5.56 Å². The SMILES string of the molecule is O=C(CSc1ccc([N+](=O)[O-])cc1)N/N=C\c1ccc(Oc2ccc([N+](=O)[O-])cc2[N+](=O)[O-])cc1. The molecule has 0 atom stereocenters. The molecule has 0 aliphatic carbocycles. The van der Waals surface area contributed by atoms with Crippen molar-refractivity contribution in [2.45, 2.75) is 4.90 Å². The largest absolute Gasteiger partial charge is 0.450 e. The van der Waals surface area contributed by atoms with Crippen molar-refractivity contribution in [1.82, 2.24) is 5.43 Å². The van der Waals surface area contributed by atoms with E-state index in [0.717, 1.165) is 18.2 Å². The van der Waals surface area contributed by atoms with Crippen LogP contribution in [0.25, 0.3) is 0 Å². The van der Waals surface area contributed by atoms with Crippen molar-refractivity contribution in [1.29, 1.82) is 0 Å². The third-order valence-corrected chi connectivity index (χ3v) is 5.29. The van der Waals surface area contributed by atoms with Gasteiger partial charge in [0.2, 0.25) is 11.7 Å². The van der Waals surface area contributed by atoms with Gasteiger partial charge in [-0.3, -0.25) is 35.1 Å². The predicted molar refractivity (Wildman–Crippen MR) is 126 cm³/mol. The van der Waals surface area contributed by atoms with Gasteiger partial charge in [0, 0.05) is 23.1 Å². The number of rotatable bonds is 10. The van der Waals surface area contributed by atoms with E-state index in [1.165, 1.54) is 42.2 Å². The lowest BCUT2D eigenvalue weighted by molar-refractivity contribution is -0.394. The van der Waals surface area contributed by atoms with Crippen molar-refractivity contribution in [3.63, 3.8) is 0 Å². The topological polar surface area (TPSA) is 180 Å². The quantitative estimate of drug-likeness (QED) is 0.183. The monoisotopic (exact) mass is 497 g/mol. The minimum absolute atomic E-state index is 0.0363. The van der Waals surface area contributed by atoms with Gasteiger partial charge in [0.1, 0.15) is 5.75 Å². The summed E-state index contributed by atoms with van der Waals surface area (Å²) in [5.41, 5.74) is 1.95. The van der Waals surface area contributed by atoms with Gasteiger partial charge in [-0.2, -0.15) is 5.10 Å². The molecule has 0 saturated heterocycles. The van der Waals surface area contributed by atoms with Crippen LogP contribution < -0.4 is 10.2 Å². The van der Waals surface area contributed by atoms with E-state index in [0.29, 0.717) is 10.5 Å². The summed E-state index contributed by atoms with van der Waals surface area (Å²) in [4.78, 5) is 43.3. The second kappa shape index (κ2) is 11.3. The second-order valence-electron chi connectivity index (χ2n) is 6.67. The first-order valence-corrected chi connectivity index (χ1v) is 10.6. The average Bonchev–Trinajstić information content (AvgIpc) is 2.84. The number of hydrogen-bond acceptors (Lipinski definition) is 10. The second-order valence-corrected chi connectivity index (χ2v) is 7.72. The van der Waals surface area contributed by atoms with Gasteiger partial charge in [-0.25, -0.2) is 5.43 Å². The third kappa shape index (κ3) is 7.06. The molecule has 0 aromatic heterocycles. The molecular formula is C21H15N5O8S. The number of nitrogens with one attached hydrogen (secondary N) is 1. The van der Waals surface area contributed by atoms with E-state index in [9.17, 15) is 35.1 Å². The Morgan fingerprint density at radius 1 is 0.886 bits per heavy atom. The number of carbonyl (C=O) groups excluding carboxylic acids is 1. The Balaban J connectivity index is 1.53. The van der Waals surface area contributed by atoms with Crippen LogP contribution >= 0.6 is 11.8 Å². The summed E-state index contributed by atoms with van der Waals surface area (Å²) in [5, 5.41) is 36.5. The zero-order valence-electron chi connectivity index (χ0n) is 17.6. The molecule has 0 bridgehead atoms. The highest BCUT2D eigenvalue weighted by Gasteiger charge is 2.21. The Labute approximate surface area is 200 Å². The maximum absolute atomic E-state index is 11.9. The van der Waals surface area contributed by atoms with E-state index in [1.54, 1.807) is 24.3 Å². The summed E-state index contributed by atoms with van der Waals surface area (Å²) < 4.78 is 5.48. The van der Waals surface area contributed by atoms with Crippen molar-refractivity contribution in [2.75, 3.05) is 5.75 Å². The number of amides is 1. The van der Waals surface area contributed by atoms with Crippen molar-refractivity contribution in [2.24, 2.45) is 5.10 Å². The average molecular weight is 497 g/mol. The van der Waals surface area contributed by atoms with E-state index in [-0.39, 0.29) is 28.8 Å². The Morgan fingerprint density at radius 2 is 1.51 bits per heavy atom. The number of non-ortho nitro benzene ring substituents is 2. The Morgan fingerprint density at radius 3 is 2.11 bits per heavy atom. The molecule has 0 saturated carbocycles. The van der Waals surface area contributed by atoms with Gasteiger partial charge >= 0.3 is 5.69 Å². The molecule has 0 aliphatic heterocycles. The maximum Gasteiger partial charge on any atom is 0.318 e. The van der Waals surface area contributed by atoms with Gasteiger partial charge < -0.3 is 4.74 Å². The fourth-order valence-electron chi connectivity index (χ4n) is 2.62. The zero-order chi connectivity index (χ0) is 25.4. The normalized spacial score (nSPS) is 10.6. The molecule has 14 heteroatoms. The van der Waals surface area contributed by atoms with E-state index in [4.69, 9.17) is 4.74 Å². The molecule has 0 aliphatic rings. The Bertz CT molecular complexity index is 1300. The van der Waals surface area contributed by atoms with Crippen LogP contribution in [0.2, 0.25) is 0 Å². The molecule has 3 aromatic carbocycles. The van der Waals surface area contributed by atoms with Crippen LogP contribution in [-0.2, 0) is 4.79 Å². The lowest BCUT2D eigenvalue weighted by atomic mass is 10.2. The highest BCUT2D eigenvalue weighted by atomic mass is 32.2. The molecule has 0 heterocycles. The van der Waals surface area contributed by atoms with Crippen LogP contribution in [0, 0.1) is 30.3 Å². The van der Waals surface area contributed by atoms with Gasteiger partial charge in [0.15, 0.2) is 0 Å². The standard InChI is InChI=1S/C21H15N5O8S/c27-21(13-35-18-8-3-15(4-9-18)24(28)29)23-22-12-14-1-6-17(7-2-14)34-20-10-5-16(25(30)31)11-19(20)26(32)33/h1-12H,13H2,(H,23,27)/b22-12-. The van der Waals surface area contributed by atoms with Gasteiger partial charge in [0.25, 0.3) is 11.4 Å². The number of ether oxygens (including phenoxy) is 1. The van der Waals surface area contributed by atoms with Crippen molar-refractivity contribution in [3.8, 4) is 11.5 Å². The summed E-state index contributed by atoms with van der Waals surface area (Å²) in [6, 6.07) is 15.1. The molecule has 35 heavy (non-hydrogen) atoms. The fraction of sp³-hybridized carbons (Fsp3) is 0.0476. The van der Waals surface area contributed by atoms with Crippen LogP contribution in [0.4, 0.5) is 17.1 Å². The first kappa shape index (κ1) is 24.8. The summed E-state index contributed by atoms with van der Waals surface area (Å²) in [5.74, 6) is -0.229. The van der Waals surface area contributed by atoms with Crippen LogP contribution in [-0.4, -0.2) is 32.6 Å². The number of hydrazone groups is 1. The van der Waals surface area contributed by atoms with E-state index in [2.05, 4.69) is 10.5 Å². The molecule has 1 N–H and O–H groups in total. The van der Waals surface area contributed by atoms with Gasteiger partial charge in [-0.15, -0.1) is 11.8 Å². The number of benzene rings is 3. The molecular weight excluding hydrogens is 482 g/mol. The third-order valence-electron chi connectivity index (χ3n) is 4.28. The van der Waals surface area contributed by atoms with Gasteiger partial charge in [-0.1, -0.05) is 0 Å². The minimum atomic E-state index is -0.772. The zero-order valence-corrected chi connectivity index (χ0v) is 18.4. The highest BCUT2D eigenvalue weighted by molar-refractivity contribution is 8.00. The lowest BCUT2D eigenvalue weighted by Crippen LogP contribution is -2.19. The highest BCUT2D eigenvalue weighted by Crippen LogP contribution is 2.34. The molecule has 0 fully saturated rings. The van der Waals surface area contributed by atoms with Crippen LogP contribution in [0.5, 0.6) is 11.5 Å². The smallest absolute Gasteiger partial charge is 0.318 e. The summed E-state index contributed by atoms with van der Waals surface area (Å²) in [7, 11) is 0. The van der Waals surface area contributed by atoms with Crippen molar-refractivity contribution >= 4 is 40.9 Å². The van der Waals surface area contributed by atoms with Gasteiger partial charge in [0.05, 0.1) is 32.8 Å². The van der Waals surface area contributed by atoms with Crippen LogP contribution in [0.3, 0.4) is 0 Å². The summed E-state index contributed by atoms with van der Waals surface area (Å²) in [6.07, 6.45) is 1.38. The molecule has 3 aromatic rings. The summed E-state index contributed by atoms with van der Waals surface area (Å²) in [6.45, 7) is 0. The number of nitro benzene ring substituents is 3. The Hall–Kier alpha value is -4.85. The number of nitro groups is 3. The minimum Gasteiger partial charge on any atom is -0.450 e. The summed E-state index contributed by atoms with van der Waals surface area (Å²) >= 11 is 1.19. The molecule has 0 unspecified atom stereocenters. The number of nitrogens with zero attached hydrogens (tertiary/aromatic N) is 4. The van der Waals surface area contributed by atoms with Gasteiger partial charge in [-0.05, 0) is 48.0 Å². The lowest BCUT2D eigenvalue weighted by Gasteiger charge is -2.06. The first-order chi connectivity index (χ1) is 16.7. The molecule has 178 valence electrons. The number of hydrogen-bond donors (Lipinski definition) is 1. The fourth-order valence-corrected chi connectivity index (χ4v) is 3.31. The molecule has 3 rings (SSSR count). The Kier molecular flexibility index (Phi) is 8.02. The van der Waals surface area contributed by atoms with Crippen molar-refractivity contribution in [3.05, 3.63) is 103 Å². The van der Waals surface area contributed by atoms with Crippen molar-refractivity contribution < 1.29 is 24.3 Å². The molecule has 0 spiro atoms. The van der Waals surface area contributed by atoms with E-state index in [1.807, 2.05) is 0 Å². The molecule has 0 radical (unpaired) electrons. The molecule has 13 nitrogen and oxygen atoms in total.